The number of nitrogens with zero attached hydrogens (tertiary/aromatic N) is 1. The van der Waals surface area contributed by atoms with E-state index in [0.717, 1.165) is 12.5 Å². The lowest BCUT2D eigenvalue weighted by Crippen LogP contribution is -2.43. The van der Waals surface area contributed by atoms with E-state index in [1.165, 1.54) is 12.8 Å². The van der Waals surface area contributed by atoms with Crippen molar-refractivity contribution >= 4 is 0 Å². The van der Waals surface area contributed by atoms with Crippen molar-refractivity contribution in [1.29, 1.82) is 0 Å². The van der Waals surface area contributed by atoms with Gasteiger partial charge in [0.15, 0.2) is 0 Å². The summed E-state index contributed by atoms with van der Waals surface area (Å²) in [6.07, 6.45) is 2.65. The Morgan fingerprint density at radius 2 is 2.11 bits per heavy atom. The molecule has 1 aliphatic heterocycles. The molecule has 0 aliphatic carbocycles. The molecule has 0 amide bonds. The largest absolute Gasteiger partial charge is 0.235 e. The minimum atomic E-state index is 0.262. The Labute approximate surface area is 57.8 Å². The number of hydrogen-bond donors (Lipinski definition) is 0. The van der Waals surface area contributed by atoms with Crippen molar-refractivity contribution in [2.75, 3.05) is 6.54 Å². The van der Waals surface area contributed by atoms with Gasteiger partial charge in [0.2, 0.25) is 0 Å². The van der Waals surface area contributed by atoms with Crippen molar-refractivity contribution in [3.63, 3.8) is 0 Å². The van der Waals surface area contributed by atoms with E-state index in [1.807, 2.05) is 0 Å². The summed E-state index contributed by atoms with van der Waals surface area (Å²) in [5, 5.41) is 4.54. The standard InChI is InChI=1S/C8H16N/c1-7-5-4-6-9-8(7,2)3/h7H,4-6H2,1-3H3. The molecule has 1 fully saturated rings. The van der Waals surface area contributed by atoms with Gasteiger partial charge in [-0.05, 0) is 32.6 Å². The Kier molecular flexibility index (Phi) is 1.80. The maximum Gasteiger partial charge on any atom is 0.0326 e. The van der Waals surface area contributed by atoms with Crippen LogP contribution in [0.4, 0.5) is 0 Å². The van der Waals surface area contributed by atoms with Gasteiger partial charge in [-0.15, -0.1) is 0 Å². The first-order valence-corrected chi connectivity index (χ1v) is 3.81. The highest BCUT2D eigenvalue weighted by Gasteiger charge is 2.28. The average molecular weight is 126 g/mol. The predicted molar refractivity (Wildman–Crippen MR) is 39.5 cm³/mol. The molecule has 1 nitrogen and oxygen atoms in total. The van der Waals surface area contributed by atoms with Crippen LogP contribution in [0, 0.1) is 5.92 Å². The molecule has 0 aromatic rings. The van der Waals surface area contributed by atoms with Gasteiger partial charge in [-0.1, -0.05) is 6.92 Å². The highest BCUT2D eigenvalue weighted by atomic mass is 15.0. The summed E-state index contributed by atoms with van der Waals surface area (Å²) < 4.78 is 0. The number of hydrogen-bond acceptors (Lipinski definition) is 0. The fourth-order valence-corrected chi connectivity index (χ4v) is 1.27. The molecule has 1 rings (SSSR count). The zero-order chi connectivity index (χ0) is 6.91. The van der Waals surface area contributed by atoms with Crippen LogP contribution in [0.2, 0.25) is 0 Å². The van der Waals surface area contributed by atoms with Crippen molar-refractivity contribution in [3.05, 3.63) is 0 Å². The second-order valence-corrected chi connectivity index (χ2v) is 3.58. The second-order valence-electron chi connectivity index (χ2n) is 3.58. The van der Waals surface area contributed by atoms with E-state index in [-0.39, 0.29) is 5.54 Å². The molecule has 1 heterocycles. The highest BCUT2D eigenvalue weighted by Crippen LogP contribution is 2.25. The van der Waals surface area contributed by atoms with Crippen LogP contribution in [0.25, 0.3) is 0 Å². The number of rotatable bonds is 0. The molecule has 1 unspecified atom stereocenters. The Morgan fingerprint density at radius 3 is 2.44 bits per heavy atom. The first-order chi connectivity index (χ1) is 4.13. The third-order valence-electron chi connectivity index (χ3n) is 2.52. The van der Waals surface area contributed by atoms with Gasteiger partial charge >= 0.3 is 0 Å². The molecule has 0 aromatic heterocycles. The van der Waals surface area contributed by atoms with Crippen LogP contribution in [-0.2, 0) is 0 Å². The SMILES string of the molecule is CC1CCC[N]C1(C)C. The zero-order valence-electron chi connectivity index (χ0n) is 6.65. The number of piperidine rings is 1. The van der Waals surface area contributed by atoms with Crippen LogP contribution >= 0.6 is 0 Å². The third kappa shape index (κ3) is 1.45. The summed E-state index contributed by atoms with van der Waals surface area (Å²) in [6, 6.07) is 0. The van der Waals surface area contributed by atoms with Crippen molar-refractivity contribution in [2.45, 2.75) is 39.2 Å². The van der Waals surface area contributed by atoms with E-state index in [2.05, 4.69) is 26.1 Å². The molecule has 9 heavy (non-hydrogen) atoms. The third-order valence-corrected chi connectivity index (χ3v) is 2.52. The summed E-state index contributed by atoms with van der Waals surface area (Å²) in [7, 11) is 0. The van der Waals surface area contributed by atoms with Crippen LogP contribution in [-0.4, -0.2) is 12.1 Å². The van der Waals surface area contributed by atoms with Crippen molar-refractivity contribution in [2.24, 2.45) is 5.92 Å². The van der Waals surface area contributed by atoms with Gasteiger partial charge in [-0.2, -0.15) is 0 Å². The maximum atomic E-state index is 4.54. The fraction of sp³-hybridized carbons (Fsp3) is 1.00. The van der Waals surface area contributed by atoms with E-state index in [9.17, 15) is 0 Å². The van der Waals surface area contributed by atoms with Crippen LogP contribution in [0.3, 0.4) is 0 Å². The molecule has 1 saturated heterocycles. The normalized spacial score (nSPS) is 34.3. The van der Waals surface area contributed by atoms with Crippen molar-refractivity contribution in [1.82, 2.24) is 5.32 Å². The molecule has 1 atom stereocenters. The maximum absolute atomic E-state index is 4.54. The van der Waals surface area contributed by atoms with Gasteiger partial charge in [0.1, 0.15) is 0 Å². The average Bonchev–Trinajstić information content (AvgIpc) is 1.77. The molecular formula is C8H16N. The summed E-state index contributed by atoms with van der Waals surface area (Å²) in [5.74, 6) is 0.784. The Morgan fingerprint density at radius 1 is 1.44 bits per heavy atom. The van der Waals surface area contributed by atoms with Gasteiger partial charge in [0.25, 0.3) is 0 Å². The van der Waals surface area contributed by atoms with E-state index in [0.29, 0.717) is 0 Å². The summed E-state index contributed by atoms with van der Waals surface area (Å²) in [4.78, 5) is 0. The Bertz CT molecular complexity index is 96.7. The van der Waals surface area contributed by atoms with Crippen LogP contribution in [0.1, 0.15) is 33.6 Å². The first kappa shape index (κ1) is 7.07. The van der Waals surface area contributed by atoms with Gasteiger partial charge in [-0.3, -0.25) is 0 Å². The Balaban J connectivity index is 2.49. The van der Waals surface area contributed by atoms with Crippen molar-refractivity contribution in [3.8, 4) is 0 Å². The fourth-order valence-electron chi connectivity index (χ4n) is 1.27. The molecule has 0 spiro atoms. The predicted octanol–water partition coefficient (Wildman–Crippen LogP) is 1.80. The van der Waals surface area contributed by atoms with E-state index < -0.39 is 0 Å². The smallest absolute Gasteiger partial charge is 0.0326 e. The van der Waals surface area contributed by atoms with Gasteiger partial charge in [0, 0.05) is 12.1 Å². The molecule has 1 heteroatoms. The quantitative estimate of drug-likeness (QED) is 0.470. The molecule has 1 radical (unpaired) electrons. The van der Waals surface area contributed by atoms with Crippen LogP contribution < -0.4 is 5.32 Å². The minimum absolute atomic E-state index is 0.262. The lowest BCUT2D eigenvalue weighted by molar-refractivity contribution is 0.206. The lowest BCUT2D eigenvalue weighted by atomic mass is 9.82. The van der Waals surface area contributed by atoms with Crippen LogP contribution in [0.15, 0.2) is 0 Å². The molecule has 0 aromatic carbocycles. The molecule has 0 saturated carbocycles. The van der Waals surface area contributed by atoms with E-state index in [4.69, 9.17) is 0 Å². The topological polar surface area (TPSA) is 14.1 Å². The minimum Gasteiger partial charge on any atom is -0.235 e. The zero-order valence-corrected chi connectivity index (χ0v) is 6.65. The molecular weight excluding hydrogens is 110 g/mol. The van der Waals surface area contributed by atoms with Crippen LogP contribution in [0.5, 0.6) is 0 Å². The summed E-state index contributed by atoms with van der Waals surface area (Å²) in [5.41, 5.74) is 0.262. The van der Waals surface area contributed by atoms with Crippen molar-refractivity contribution < 1.29 is 0 Å². The van der Waals surface area contributed by atoms with Gasteiger partial charge < -0.3 is 0 Å². The second kappa shape index (κ2) is 2.30. The van der Waals surface area contributed by atoms with Gasteiger partial charge in [0.05, 0.1) is 0 Å². The molecule has 53 valence electrons. The highest BCUT2D eigenvalue weighted by molar-refractivity contribution is 4.86. The monoisotopic (exact) mass is 126 g/mol. The summed E-state index contributed by atoms with van der Waals surface area (Å²) >= 11 is 0. The van der Waals surface area contributed by atoms with E-state index >= 15 is 0 Å². The molecule has 1 aliphatic rings. The lowest BCUT2D eigenvalue weighted by Gasteiger charge is -2.35. The molecule has 0 N–H and O–H groups in total. The van der Waals surface area contributed by atoms with E-state index in [1.54, 1.807) is 0 Å². The summed E-state index contributed by atoms with van der Waals surface area (Å²) in [6.45, 7) is 7.84. The molecule has 0 bridgehead atoms. The first-order valence-electron chi connectivity index (χ1n) is 3.81. The Hall–Kier alpha value is -0.0400. The van der Waals surface area contributed by atoms with Gasteiger partial charge in [-0.25, -0.2) is 5.32 Å².